The van der Waals surface area contributed by atoms with Crippen molar-refractivity contribution in [2.45, 2.75) is 37.1 Å². The van der Waals surface area contributed by atoms with Crippen molar-refractivity contribution >= 4 is 21.7 Å². The SMILES string of the molecule is CCCc1cc(Oc2ccccc2)ccc1OCCOc1ccc(S(=O)(=O)N2c3ccccc3CC2C(=O)O)cc1. The van der Waals surface area contributed by atoms with Crippen molar-refractivity contribution in [1.29, 1.82) is 0 Å². The maximum atomic E-state index is 13.4. The molecule has 9 heteroatoms. The quantitative estimate of drug-likeness (QED) is 0.205. The Morgan fingerprint density at radius 1 is 0.854 bits per heavy atom. The fourth-order valence-corrected chi connectivity index (χ4v) is 6.47. The molecule has 0 amide bonds. The average molecular weight is 574 g/mol. The number of fused-ring (bicyclic) bond motifs is 1. The molecule has 1 aliphatic rings. The van der Waals surface area contributed by atoms with Crippen LogP contribution in [0.25, 0.3) is 0 Å². The fraction of sp³-hybridized carbons (Fsp3) is 0.219. The van der Waals surface area contributed by atoms with Crippen LogP contribution in [-0.4, -0.2) is 38.7 Å². The van der Waals surface area contributed by atoms with Crippen LogP contribution >= 0.6 is 0 Å². The van der Waals surface area contributed by atoms with E-state index in [0.29, 0.717) is 23.6 Å². The van der Waals surface area contributed by atoms with E-state index in [0.717, 1.165) is 40.0 Å². The third-order valence-corrected chi connectivity index (χ3v) is 8.57. The van der Waals surface area contributed by atoms with E-state index in [4.69, 9.17) is 14.2 Å². The molecule has 8 nitrogen and oxygen atoms in total. The van der Waals surface area contributed by atoms with Crippen LogP contribution in [0.2, 0.25) is 0 Å². The second-order valence-electron chi connectivity index (χ2n) is 9.59. The topological polar surface area (TPSA) is 102 Å². The van der Waals surface area contributed by atoms with Gasteiger partial charge in [-0.2, -0.15) is 0 Å². The number of hydrogen-bond acceptors (Lipinski definition) is 6. The first kappa shape index (κ1) is 28.0. The van der Waals surface area contributed by atoms with Gasteiger partial charge in [0.25, 0.3) is 10.0 Å². The molecule has 41 heavy (non-hydrogen) atoms. The molecule has 0 bridgehead atoms. The maximum absolute atomic E-state index is 13.4. The Kier molecular flexibility index (Phi) is 8.45. The van der Waals surface area contributed by atoms with Gasteiger partial charge >= 0.3 is 5.97 Å². The molecule has 0 radical (unpaired) electrons. The standard InChI is InChI=1S/C32H31NO7S/c1-2-8-24-21-27(40-26-10-4-3-5-11-26)15-18-31(24)39-20-19-38-25-13-16-28(17-14-25)41(36,37)33-29-12-7-6-9-23(29)22-30(33)32(34)35/h3-7,9-18,21,30H,2,8,19-20,22H2,1H3,(H,34,35). The zero-order chi connectivity index (χ0) is 28.8. The Labute approximate surface area is 239 Å². The highest BCUT2D eigenvalue weighted by atomic mass is 32.2. The molecule has 4 aromatic rings. The van der Waals surface area contributed by atoms with Crippen molar-refractivity contribution in [1.82, 2.24) is 0 Å². The summed E-state index contributed by atoms with van der Waals surface area (Å²) in [5.74, 6) is 1.55. The van der Waals surface area contributed by atoms with E-state index in [1.807, 2.05) is 48.5 Å². The first-order valence-corrected chi connectivity index (χ1v) is 14.9. The van der Waals surface area contributed by atoms with Gasteiger partial charge in [-0.3, -0.25) is 4.31 Å². The Hall–Kier alpha value is -4.50. The van der Waals surface area contributed by atoms with Gasteiger partial charge in [0.2, 0.25) is 0 Å². The largest absolute Gasteiger partial charge is 0.490 e. The highest BCUT2D eigenvalue weighted by molar-refractivity contribution is 7.93. The third-order valence-electron chi connectivity index (χ3n) is 6.73. The number of anilines is 1. The molecule has 0 aliphatic carbocycles. The zero-order valence-electron chi connectivity index (χ0n) is 22.6. The van der Waals surface area contributed by atoms with Gasteiger partial charge in [0.15, 0.2) is 0 Å². The molecule has 1 aliphatic heterocycles. The molecule has 5 rings (SSSR count). The predicted octanol–water partition coefficient (Wildman–Crippen LogP) is 6.09. The van der Waals surface area contributed by atoms with Gasteiger partial charge in [0.05, 0.1) is 10.6 Å². The second-order valence-corrected chi connectivity index (χ2v) is 11.4. The number of ether oxygens (including phenoxy) is 3. The maximum Gasteiger partial charge on any atom is 0.327 e. The minimum absolute atomic E-state index is 0.00827. The summed E-state index contributed by atoms with van der Waals surface area (Å²) in [6.45, 7) is 2.65. The van der Waals surface area contributed by atoms with Crippen LogP contribution in [0.15, 0.2) is 102 Å². The molecule has 0 saturated heterocycles. The summed E-state index contributed by atoms with van der Waals surface area (Å²) >= 11 is 0. The van der Waals surface area contributed by atoms with Crippen molar-refractivity contribution in [3.63, 3.8) is 0 Å². The van der Waals surface area contributed by atoms with Gasteiger partial charge in [0.1, 0.15) is 42.3 Å². The van der Waals surface area contributed by atoms with Crippen molar-refractivity contribution in [3.05, 3.63) is 108 Å². The number of benzene rings is 4. The minimum Gasteiger partial charge on any atom is -0.490 e. The van der Waals surface area contributed by atoms with E-state index in [1.165, 1.54) is 12.1 Å². The van der Waals surface area contributed by atoms with E-state index < -0.39 is 22.0 Å². The van der Waals surface area contributed by atoms with Crippen LogP contribution < -0.4 is 18.5 Å². The van der Waals surface area contributed by atoms with E-state index in [2.05, 4.69) is 6.92 Å². The number of aryl methyl sites for hydroxylation is 1. The summed E-state index contributed by atoms with van der Waals surface area (Å²) in [7, 11) is -4.10. The van der Waals surface area contributed by atoms with E-state index in [1.54, 1.807) is 36.4 Å². The van der Waals surface area contributed by atoms with E-state index >= 15 is 0 Å². The van der Waals surface area contributed by atoms with Crippen LogP contribution in [0.4, 0.5) is 5.69 Å². The van der Waals surface area contributed by atoms with Gasteiger partial charge in [-0.05, 0) is 78.2 Å². The van der Waals surface area contributed by atoms with Crippen LogP contribution in [0.5, 0.6) is 23.0 Å². The van der Waals surface area contributed by atoms with Crippen LogP contribution in [0, 0.1) is 0 Å². The molecule has 1 unspecified atom stereocenters. The summed E-state index contributed by atoms with van der Waals surface area (Å²) in [6.07, 6.45) is 1.91. The van der Waals surface area contributed by atoms with E-state index in [9.17, 15) is 18.3 Å². The Morgan fingerprint density at radius 3 is 2.27 bits per heavy atom. The summed E-state index contributed by atoms with van der Waals surface area (Å²) in [5.41, 5.74) is 2.11. The lowest BCUT2D eigenvalue weighted by Crippen LogP contribution is -2.42. The number of hydrogen-bond donors (Lipinski definition) is 1. The molecular weight excluding hydrogens is 542 g/mol. The first-order valence-electron chi connectivity index (χ1n) is 13.4. The summed E-state index contributed by atoms with van der Waals surface area (Å²) in [6, 6.07) is 27.0. The van der Waals surface area contributed by atoms with E-state index in [-0.39, 0.29) is 17.9 Å². The average Bonchev–Trinajstić information content (AvgIpc) is 3.38. The molecule has 212 valence electrons. The molecule has 0 spiro atoms. The van der Waals surface area contributed by atoms with Gasteiger partial charge in [-0.15, -0.1) is 0 Å². The summed E-state index contributed by atoms with van der Waals surface area (Å²) in [4.78, 5) is 11.9. The second kappa shape index (κ2) is 12.3. The molecule has 4 aromatic carbocycles. The number of para-hydroxylation sites is 2. The monoisotopic (exact) mass is 573 g/mol. The minimum atomic E-state index is -4.10. The molecule has 1 atom stereocenters. The number of carboxylic acid groups (broad SMARTS) is 1. The van der Waals surface area contributed by atoms with Crippen molar-refractivity contribution in [2.75, 3.05) is 17.5 Å². The van der Waals surface area contributed by atoms with Crippen molar-refractivity contribution < 1.29 is 32.5 Å². The van der Waals surface area contributed by atoms with Crippen molar-refractivity contribution in [3.8, 4) is 23.0 Å². The number of sulfonamides is 1. The smallest absolute Gasteiger partial charge is 0.327 e. The Balaban J connectivity index is 1.20. The lowest BCUT2D eigenvalue weighted by molar-refractivity contribution is -0.138. The zero-order valence-corrected chi connectivity index (χ0v) is 23.4. The lowest BCUT2D eigenvalue weighted by Gasteiger charge is -2.24. The molecule has 1 heterocycles. The number of rotatable bonds is 12. The van der Waals surface area contributed by atoms with Gasteiger partial charge in [0, 0.05) is 6.42 Å². The number of aliphatic carboxylic acids is 1. The Morgan fingerprint density at radius 2 is 1.54 bits per heavy atom. The predicted molar refractivity (Wildman–Crippen MR) is 156 cm³/mol. The summed E-state index contributed by atoms with van der Waals surface area (Å²) in [5, 5.41) is 9.69. The number of carboxylic acids is 1. The molecule has 0 saturated carbocycles. The number of carbonyl (C=O) groups is 1. The highest BCUT2D eigenvalue weighted by Gasteiger charge is 2.42. The molecule has 0 aromatic heterocycles. The Bertz CT molecular complexity index is 1610. The lowest BCUT2D eigenvalue weighted by atomic mass is 10.1. The van der Waals surface area contributed by atoms with Crippen LogP contribution in [0.1, 0.15) is 24.5 Å². The first-order chi connectivity index (χ1) is 19.9. The van der Waals surface area contributed by atoms with Crippen LogP contribution in [-0.2, 0) is 27.7 Å². The van der Waals surface area contributed by atoms with Gasteiger partial charge in [-0.25, -0.2) is 13.2 Å². The van der Waals surface area contributed by atoms with Crippen LogP contribution in [0.3, 0.4) is 0 Å². The van der Waals surface area contributed by atoms with Crippen molar-refractivity contribution in [2.24, 2.45) is 0 Å². The molecular formula is C32H31NO7S. The highest BCUT2D eigenvalue weighted by Crippen LogP contribution is 2.37. The molecule has 1 N–H and O–H groups in total. The molecule has 0 fully saturated rings. The fourth-order valence-electron chi connectivity index (χ4n) is 4.82. The van der Waals surface area contributed by atoms with Gasteiger partial charge < -0.3 is 19.3 Å². The normalized spacial score (nSPS) is 14.4. The third kappa shape index (κ3) is 6.30. The van der Waals surface area contributed by atoms with Gasteiger partial charge in [-0.1, -0.05) is 49.7 Å². The summed E-state index contributed by atoms with van der Waals surface area (Å²) < 4.78 is 45.6. The number of nitrogens with zero attached hydrogens (tertiary/aromatic N) is 1.